The van der Waals surface area contributed by atoms with Crippen molar-refractivity contribution in [2.24, 2.45) is 0 Å². The fourth-order valence-corrected chi connectivity index (χ4v) is 5.25. The molecule has 0 saturated carbocycles. The van der Waals surface area contributed by atoms with Crippen molar-refractivity contribution in [3.05, 3.63) is 94.5 Å². The highest BCUT2D eigenvalue weighted by atomic mass is 32.2. The number of hydrogen-bond donors (Lipinski definition) is 1. The van der Waals surface area contributed by atoms with Crippen LogP contribution in [0.3, 0.4) is 0 Å². The van der Waals surface area contributed by atoms with Gasteiger partial charge >= 0.3 is 6.18 Å². The lowest BCUT2D eigenvalue weighted by atomic mass is 10.0. The Morgan fingerprint density at radius 1 is 0.906 bits per heavy atom. The molecule has 0 fully saturated rings. The van der Waals surface area contributed by atoms with Crippen LogP contribution in [-0.2, 0) is 16.0 Å². The number of nitrogens with one attached hydrogen (secondary N) is 1. The molecule has 0 bridgehead atoms. The minimum atomic E-state index is -4.52. The topological polar surface area (TPSA) is 80.3 Å². The second kappa shape index (κ2) is 7.59. The van der Waals surface area contributed by atoms with Gasteiger partial charge in [0.2, 0.25) is 9.84 Å². The number of rotatable bonds is 3. The summed E-state index contributed by atoms with van der Waals surface area (Å²) in [5.41, 5.74) is -0.601. The summed E-state index contributed by atoms with van der Waals surface area (Å²) in [5.74, 6) is -1.14. The molecule has 4 rings (SSSR count). The molecule has 0 radical (unpaired) electrons. The summed E-state index contributed by atoms with van der Waals surface area (Å²) < 4.78 is 64.9. The van der Waals surface area contributed by atoms with Crippen LogP contribution in [0.25, 0.3) is 0 Å². The summed E-state index contributed by atoms with van der Waals surface area (Å²) in [5, 5.41) is 2.57. The van der Waals surface area contributed by atoms with Crippen LogP contribution < -0.4 is 5.32 Å². The number of alkyl halides is 3. The first kappa shape index (κ1) is 21.8. The Morgan fingerprint density at radius 3 is 2.31 bits per heavy atom. The van der Waals surface area contributed by atoms with Gasteiger partial charge in [-0.05, 0) is 55.0 Å². The summed E-state index contributed by atoms with van der Waals surface area (Å²) in [6.07, 6.45) is -4.52. The zero-order valence-electron chi connectivity index (χ0n) is 16.6. The number of halogens is 3. The number of sulfone groups is 1. The van der Waals surface area contributed by atoms with Crippen molar-refractivity contribution < 1.29 is 31.2 Å². The second-order valence-corrected chi connectivity index (χ2v) is 9.24. The van der Waals surface area contributed by atoms with Crippen LogP contribution in [0.15, 0.2) is 76.5 Å². The van der Waals surface area contributed by atoms with E-state index < -0.39 is 39.3 Å². The lowest BCUT2D eigenvalue weighted by Crippen LogP contribution is -2.28. The Hall–Kier alpha value is -3.46. The van der Waals surface area contributed by atoms with Crippen molar-refractivity contribution >= 4 is 21.5 Å². The number of ketones is 1. The van der Waals surface area contributed by atoms with E-state index in [1.807, 2.05) is 0 Å². The Labute approximate surface area is 181 Å². The largest absolute Gasteiger partial charge is 0.416 e. The van der Waals surface area contributed by atoms with E-state index >= 15 is 0 Å². The predicted octanol–water partition coefficient (Wildman–Crippen LogP) is 4.57. The van der Waals surface area contributed by atoms with Crippen molar-refractivity contribution in [3.8, 4) is 0 Å². The van der Waals surface area contributed by atoms with E-state index in [0.717, 1.165) is 18.2 Å². The first-order valence-electron chi connectivity index (χ1n) is 9.51. The molecular formula is C23H16F3NO4S. The van der Waals surface area contributed by atoms with E-state index in [1.165, 1.54) is 49.4 Å². The Kier molecular flexibility index (Phi) is 5.16. The van der Waals surface area contributed by atoms with Gasteiger partial charge in [0.15, 0.2) is 5.78 Å². The van der Waals surface area contributed by atoms with Gasteiger partial charge in [-0.2, -0.15) is 13.2 Å². The van der Waals surface area contributed by atoms with Crippen LogP contribution in [0, 0.1) is 0 Å². The minimum Gasteiger partial charge on any atom is -0.346 e. The van der Waals surface area contributed by atoms with Crippen molar-refractivity contribution in [2.45, 2.75) is 28.9 Å². The van der Waals surface area contributed by atoms with Gasteiger partial charge in [0.25, 0.3) is 5.91 Å². The minimum absolute atomic E-state index is 0.0293. The molecule has 1 aliphatic heterocycles. The Morgan fingerprint density at radius 2 is 1.59 bits per heavy atom. The molecular weight excluding hydrogens is 443 g/mol. The number of carbonyl (C=O) groups is 2. The van der Waals surface area contributed by atoms with Crippen LogP contribution in [0.1, 0.15) is 50.4 Å². The number of benzene rings is 3. The molecule has 32 heavy (non-hydrogen) atoms. The van der Waals surface area contributed by atoms with E-state index in [9.17, 15) is 31.2 Å². The molecule has 0 saturated heterocycles. The van der Waals surface area contributed by atoms with Crippen LogP contribution in [-0.4, -0.2) is 20.1 Å². The average molecular weight is 459 g/mol. The molecule has 1 aliphatic rings. The maximum Gasteiger partial charge on any atom is 0.416 e. The molecule has 1 heterocycles. The first-order valence-corrected chi connectivity index (χ1v) is 11.0. The number of fused-ring (bicyclic) bond motifs is 2. The van der Waals surface area contributed by atoms with E-state index in [4.69, 9.17) is 0 Å². The molecule has 1 amide bonds. The van der Waals surface area contributed by atoms with Gasteiger partial charge in [0.1, 0.15) is 0 Å². The Bertz CT molecular complexity index is 1360. The van der Waals surface area contributed by atoms with Gasteiger partial charge in [0, 0.05) is 16.7 Å². The summed E-state index contributed by atoms with van der Waals surface area (Å²) >= 11 is 0. The fourth-order valence-electron chi connectivity index (χ4n) is 3.57. The zero-order valence-corrected chi connectivity index (χ0v) is 17.4. The second-order valence-electron chi connectivity index (χ2n) is 7.36. The molecule has 3 aromatic carbocycles. The highest BCUT2D eigenvalue weighted by Crippen LogP contribution is 2.35. The van der Waals surface area contributed by atoms with Gasteiger partial charge in [-0.3, -0.25) is 9.59 Å². The lowest BCUT2D eigenvalue weighted by Gasteiger charge is -2.20. The van der Waals surface area contributed by atoms with Gasteiger partial charge in [-0.1, -0.05) is 24.3 Å². The third-order valence-corrected chi connectivity index (χ3v) is 7.11. The van der Waals surface area contributed by atoms with Gasteiger partial charge in [0.05, 0.1) is 21.4 Å². The summed E-state index contributed by atoms with van der Waals surface area (Å²) in [6.45, 7) is 1.52. The summed E-state index contributed by atoms with van der Waals surface area (Å²) in [7, 11) is -4.02. The number of hydrogen-bond acceptors (Lipinski definition) is 4. The van der Waals surface area contributed by atoms with Crippen LogP contribution in [0.5, 0.6) is 0 Å². The molecule has 1 atom stereocenters. The van der Waals surface area contributed by atoms with Crippen molar-refractivity contribution in [1.29, 1.82) is 0 Å². The van der Waals surface area contributed by atoms with Crippen molar-refractivity contribution in [2.75, 3.05) is 0 Å². The predicted molar refractivity (Wildman–Crippen MR) is 109 cm³/mol. The summed E-state index contributed by atoms with van der Waals surface area (Å²) in [6, 6.07) is 13.3. The maximum atomic E-state index is 13.0. The van der Waals surface area contributed by atoms with Crippen molar-refractivity contribution in [1.82, 2.24) is 5.32 Å². The SMILES string of the molecule is CC(NC(=O)c1ccc2c(c1)S(=O)(=O)c1ccccc1C2=O)c1cccc(C(F)(F)F)c1. The standard InChI is InChI=1S/C23H16F3NO4S/c1-13(14-5-4-6-16(11-14)23(24,25)26)27-22(29)15-9-10-18-20(12-15)32(30,31)19-8-3-2-7-17(19)21(18)28/h2-13H,1H3,(H,27,29). The van der Waals surface area contributed by atoms with Crippen LogP contribution >= 0.6 is 0 Å². The molecule has 1 N–H and O–H groups in total. The quantitative estimate of drug-likeness (QED) is 0.487. The molecule has 5 nitrogen and oxygen atoms in total. The molecule has 3 aromatic rings. The molecule has 0 aromatic heterocycles. The molecule has 1 unspecified atom stereocenters. The van der Waals surface area contributed by atoms with E-state index in [0.29, 0.717) is 0 Å². The van der Waals surface area contributed by atoms with Gasteiger partial charge in [-0.25, -0.2) is 8.42 Å². The zero-order chi connectivity index (χ0) is 23.3. The highest BCUT2D eigenvalue weighted by molar-refractivity contribution is 7.91. The highest BCUT2D eigenvalue weighted by Gasteiger charge is 2.35. The Balaban J connectivity index is 1.64. The van der Waals surface area contributed by atoms with Crippen molar-refractivity contribution in [3.63, 3.8) is 0 Å². The number of carbonyl (C=O) groups excluding carboxylic acids is 2. The third-order valence-electron chi connectivity index (χ3n) is 5.26. The maximum absolute atomic E-state index is 13.0. The number of amides is 1. The average Bonchev–Trinajstić information content (AvgIpc) is 2.77. The van der Waals surface area contributed by atoms with Crippen LogP contribution in [0.4, 0.5) is 13.2 Å². The molecule has 164 valence electrons. The van der Waals surface area contributed by atoms with E-state index in [2.05, 4.69) is 5.32 Å². The normalized spacial score (nSPS) is 15.4. The van der Waals surface area contributed by atoms with Gasteiger partial charge < -0.3 is 5.32 Å². The molecule has 9 heteroatoms. The molecule has 0 spiro atoms. The van der Waals surface area contributed by atoms with Crippen LogP contribution in [0.2, 0.25) is 0 Å². The first-order chi connectivity index (χ1) is 15.0. The van der Waals surface area contributed by atoms with E-state index in [1.54, 1.807) is 6.07 Å². The fraction of sp³-hybridized carbons (Fsp3) is 0.130. The smallest absolute Gasteiger partial charge is 0.346 e. The molecule has 0 aliphatic carbocycles. The van der Waals surface area contributed by atoms with Gasteiger partial charge in [-0.15, -0.1) is 0 Å². The third kappa shape index (κ3) is 3.69. The van der Waals surface area contributed by atoms with E-state index in [-0.39, 0.29) is 32.0 Å². The summed E-state index contributed by atoms with van der Waals surface area (Å²) in [4.78, 5) is 25.0. The lowest BCUT2D eigenvalue weighted by molar-refractivity contribution is -0.137. The monoisotopic (exact) mass is 459 g/mol.